The summed E-state index contributed by atoms with van der Waals surface area (Å²) in [4.78, 5) is 14.3. The Morgan fingerprint density at radius 3 is 1.59 bits per heavy atom. The smallest absolute Gasteiger partial charge is 0.306 e. The van der Waals surface area contributed by atoms with Gasteiger partial charge in [0.15, 0.2) is 12.6 Å². The molecule has 51 heavy (non-hydrogen) atoms. The Labute approximate surface area is 299 Å². The maximum absolute atomic E-state index is 12.5. The molecule has 3 aliphatic rings. The molecule has 2 saturated heterocycles. The molecule has 3 fully saturated rings. The molecule has 0 radical (unpaired) electrons. The van der Waals surface area contributed by atoms with Crippen molar-refractivity contribution in [3.8, 4) is 0 Å². The minimum Gasteiger partial charge on any atom is -0.460 e. The highest BCUT2D eigenvalue weighted by Gasteiger charge is 2.43. The van der Waals surface area contributed by atoms with Crippen LogP contribution in [0.1, 0.15) is 76.6 Å². The molecule has 13 heteroatoms. The second kappa shape index (κ2) is 18.0. The van der Waals surface area contributed by atoms with Crippen LogP contribution in [0.4, 0.5) is 0 Å². The molecule has 10 atom stereocenters. The van der Waals surface area contributed by atoms with Gasteiger partial charge in [-0.15, -0.1) is 0 Å². The lowest BCUT2D eigenvalue weighted by molar-refractivity contribution is -0.285. The molecular formula is C38H55NO12. The summed E-state index contributed by atoms with van der Waals surface area (Å²) in [7, 11) is 0. The van der Waals surface area contributed by atoms with Gasteiger partial charge in [-0.2, -0.15) is 0 Å². The minimum atomic E-state index is -1.52. The summed E-state index contributed by atoms with van der Waals surface area (Å²) in [6, 6.07) is 18.0. The van der Waals surface area contributed by atoms with E-state index in [2.05, 4.69) is 0 Å². The fourth-order valence-corrected chi connectivity index (χ4v) is 7.13. The third-order valence-electron chi connectivity index (χ3n) is 9.81. The van der Waals surface area contributed by atoms with Crippen molar-refractivity contribution in [1.82, 2.24) is 4.90 Å². The molecule has 284 valence electrons. The molecule has 2 aromatic rings. The van der Waals surface area contributed by atoms with Crippen molar-refractivity contribution in [2.75, 3.05) is 26.3 Å². The van der Waals surface area contributed by atoms with E-state index in [1.54, 1.807) is 24.3 Å². The second-order valence-corrected chi connectivity index (χ2v) is 15.0. The highest BCUT2D eigenvalue weighted by atomic mass is 16.7. The fraction of sp³-hybridized carbons (Fsp3) is 0.658. The van der Waals surface area contributed by atoms with Gasteiger partial charge in [-0.05, 0) is 52.4 Å². The predicted molar refractivity (Wildman–Crippen MR) is 184 cm³/mol. The zero-order valence-electron chi connectivity index (χ0n) is 29.6. The lowest BCUT2D eigenvalue weighted by Crippen LogP contribution is -2.57. The van der Waals surface area contributed by atoms with Gasteiger partial charge in [0, 0.05) is 36.7 Å². The van der Waals surface area contributed by atoms with Crippen LogP contribution in [0.2, 0.25) is 0 Å². The van der Waals surface area contributed by atoms with E-state index >= 15 is 0 Å². The molecule has 6 N–H and O–H groups in total. The normalized spacial score (nSPS) is 31.4. The maximum atomic E-state index is 12.5. The van der Waals surface area contributed by atoms with E-state index in [0.717, 1.165) is 0 Å². The number of hydrogen-bond acceptors (Lipinski definition) is 13. The number of hydrogen-bond donors (Lipinski definition) is 6. The van der Waals surface area contributed by atoms with E-state index < -0.39 is 67.0 Å². The van der Waals surface area contributed by atoms with Gasteiger partial charge in [0.05, 0.1) is 25.4 Å². The zero-order valence-corrected chi connectivity index (χ0v) is 29.6. The average molecular weight is 718 g/mol. The average Bonchev–Trinajstić information content (AvgIpc) is 3.11. The van der Waals surface area contributed by atoms with Crippen molar-refractivity contribution in [2.24, 2.45) is 5.92 Å². The summed E-state index contributed by atoms with van der Waals surface area (Å²) in [5.74, 6) is -0.155. The Kier molecular flexibility index (Phi) is 14.0. The number of benzene rings is 2. The van der Waals surface area contributed by atoms with E-state index in [1.165, 1.54) is 0 Å². The van der Waals surface area contributed by atoms with E-state index in [-0.39, 0.29) is 50.7 Å². The molecule has 0 amide bonds. The Bertz CT molecular complexity index is 1260. The Morgan fingerprint density at radius 2 is 1.18 bits per heavy atom. The summed E-state index contributed by atoms with van der Waals surface area (Å²) >= 11 is 0. The summed E-state index contributed by atoms with van der Waals surface area (Å²) in [5.41, 5.74) is 0.820. The number of carbonyl (C=O) groups excluding carboxylic acids is 1. The molecule has 0 aromatic heterocycles. The fourth-order valence-electron chi connectivity index (χ4n) is 7.13. The SMILES string of the molecule is CC(C)(C)OC(=O)CC1CCC(N(C[C@H](O)[C@@H](O)[C@@H]2OC(c3ccccc3)OC[C@H]2O)C[C@H](O)[C@@H](O)[C@@H]2OC(c3ccccc3)OC[C@H]2O)CC1. The van der Waals surface area contributed by atoms with Gasteiger partial charge in [-0.25, -0.2) is 0 Å². The van der Waals surface area contributed by atoms with Crippen LogP contribution < -0.4 is 0 Å². The van der Waals surface area contributed by atoms with Gasteiger partial charge in [-0.3, -0.25) is 9.69 Å². The third kappa shape index (κ3) is 11.0. The van der Waals surface area contributed by atoms with Crippen molar-refractivity contribution in [2.45, 2.75) is 126 Å². The Balaban J connectivity index is 1.27. The molecule has 13 nitrogen and oxygen atoms in total. The zero-order chi connectivity index (χ0) is 36.7. The summed E-state index contributed by atoms with van der Waals surface area (Å²) in [6.07, 6.45) is -9.39. The van der Waals surface area contributed by atoms with Crippen molar-refractivity contribution < 1.29 is 59.1 Å². The number of aliphatic hydroxyl groups excluding tert-OH is 6. The molecular weight excluding hydrogens is 662 g/mol. The van der Waals surface area contributed by atoms with Crippen molar-refractivity contribution in [3.05, 3.63) is 71.8 Å². The van der Waals surface area contributed by atoms with Crippen molar-refractivity contribution in [1.29, 1.82) is 0 Å². The first-order chi connectivity index (χ1) is 24.3. The molecule has 2 aliphatic heterocycles. The summed E-state index contributed by atoms with van der Waals surface area (Å²) in [5, 5.41) is 66.9. The van der Waals surface area contributed by atoms with Crippen LogP contribution in [0.3, 0.4) is 0 Å². The first kappa shape index (κ1) is 39.7. The first-order valence-corrected chi connectivity index (χ1v) is 18.0. The van der Waals surface area contributed by atoms with E-state index in [4.69, 9.17) is 23.7 Å². The van der Waals surface area contributed by atoms with Gasteiger partial charge in [0.2, 0.25) is 0 Å². The number of aliphatic hydroxyl groups is 6. The van der Waals surface area contributed by atoms with E-state index in [0.29, 0.717) is 36.8 Å². The number of esters is 1. The van der Waals surface area contributed by atoms with Crippen LogP contribution in [0.25, 0.3) is 0 Å². The maximum Gasteiger partial charge on any atom is 0.306 e. The summed E-state index contributed by atoms with van der Waals surface area (Å²) in [6.45, 7) is 5.02. The van der Waals surface area contributed by atoms with Gasteiger partial charge in [-0.1, -0.05) is 60.7 Å². The minimum absolute atomic E-state index is 0.102. The number of rotatable bonds is 13. The highest BCUT2D eigenvalue weighted by molar-refractivity contribution is 5.70. The quantitative estimate of drug-likeness (QED) is 0.165. The van der Waals surface area contributed by atoms with Crippen LogP contribution in [0, 0.1) is 5.92 Å². The summed E-state index contributed by atoms with van der Waals surface area (Å²) < 4.78 is 28.7. The Hall–Kier alpha value is -2.53. The van der Waals surface area contributed by atoms with Crippen LogP contribution in [0.15, 0.2) is 60.7 Å². The monoisotopic (exact) mass is 717 g/mol. The van der Waals surface area contributed by atoms with Crippen LogP contribution in [-0.4, -0.2) is 128 Å². The van der Waals surface area contributed by atoms with Gasteiger partial charge in [0.25, 0.3) is 0 Å². The molecule has 0 bridgehead atoms. The van der Waals surface area contributed by atoms with Gasteiger partial charge < -0.3 is 54.3 Å². The third-order valence-corrected chi connectivity index (χ3v) is 9.81. The predicted octanol–water partition coefficient (Wildman–Crippen LogP) is 1.97. The number of carbonyl (C=O) groups is 1. The van der Waals surface area contributed by atoms with Crippen molar-refractivity contribution in [3.63, 3.8) is 0 Å². The van der Waals surface area contributed by atoms with E-state index in [1.807, 2.05) is 62.1 Å². The Morgan fingerprint density at radius 1 is 0.745 bits per heavy atom. The second-order valence-electron chi connectivity index (χ2n) is 15.0. The largest absolute Gasteiger partial charge is 0.460 e. The van der Waals surface area contributed by atoms with E-state index in [9.17, 15) is 35.4 Å². The molecule has 0 spiro atoms. The number of nitrogens with zero attached hydrogens (tertiary/aromatic N) is 1. The number of ether oxygens (including phenoxy) is 5. The van der Waals surface area contributed by atoms with Crippen LogP contribution in [-0.2, 0) is 28.5 Å². The van der Waals surface area contributed by atoms with Gasteiger partial charge >= 0.3 is 5.97 Å². The molecule has 2 unspecified atom stereocenters. The molecule has 2 heterocycles. The lowest BCUT2D eigenvalue weighted by atomic mass is 9.83. The van der Waals surface area contributed by atoms with Crippen LogP contribution >= 0.6 is 0 Å². The highest BCUT2D eigenvalue weighted by Crippen LogP contribution is 2.34. The van der Waals surface area contributed by atoms with Crippen molar-refractivity contribution >= 4 is 5.97 Å². The molecule has 1 saturated carbocycles. The lowest BCUT2D eigenvalue weighted by Gasteiger charge is -2.43. The topological polar surface area (TPSA) is 188 Å². The van der Waals surface area contributed by atoms with Gasteiger partial charge in [0.1, 0.15) is 42.2 Å². The molecule has 1 aliphatic carbocycles. The first-order valence-electron chi connectivity index (χ1n) is 18.0. The molecule has 5 rings (SSSR count). The molecule has 2 aromatic carbocycles. The van der Waals surface area contributed by atoms with Crippen LogP contribution in [0.5, 0.6) is 0 Å². The standard InChI is InChI=1S/C38H55NO12/c1-38(2,3)51-31(44)18-23-14-16-26(17-15-23)39(19-27(40)32(45)34-29(42)21-47-36(49-34)24-10-6-4-7-11-24)20-28(41)33(46)35-30(43)22-48-37(50-35)25-12-8-5-9-13-25/h4-13,23,26-30,32-37,40-43,45-46H,14-22H2,1-3H3/t23?,26?,27-,28-,29+,30+,32+,33+,34+,35+,36?,37?/m0/s1.